The number of carbonyl (C=O) groups excluding carboxylic acids is 1. The van der Waals surface area contributed by atoms with Gasteiger partial charge in [0.05, 0.1) is 7.11 Å². The molecule has 0 unspecified atom stereocenters. The van der Waals surface area contributed by atoms with Crippen molar-refractivity contribution in [3.05, 3.63) is 65.7 Å². The summed E-state index contributed by atoms with van der Waals surface area (Å²) >= 11 is 0. The number of hydrogen-bond donors (Lipinski definition) is 1. The van der Waals surface area contributed by atoms with Crippen molar-refractivity contribution in [3.63, 3.8) is 0 Å². The third-order valence-corrected chi connectivity index (χ3v) is 3.71. The van der Waals surface area contributed by atoms with Gasteiger partial charge in [-0.25, -0.2) is 0 Å². The van der Waals surface area contributed by atoms with Crippen molar-refractivity contribution in [3.8, 4) is 5.75 Å². The molecule has 1 amide bonds. The molecule has 0 atom stereocenters. The van der Waals surface area contributed by atoms with Crippen LogP contribution in [0.3, 0.4) is 0 Å². The van der Waals surface area contributed by atoms with E-state index in [-0.39, 0.29) is 5.91 Å². The van der Waals surface area contributed by atoms with E-state index in [1.807, 2.05) is 67.6 Å². The first kappa shape index (κ1) is 18.7. The van der Waals surface area contributed by atoms with E-state index in [0.29, 0.717) is 25.3 Å². The molecule has 0 heterocycles. The lowest BCUT2D eigenvalue weighted by Gasteiger charge is -2.10. The molecule has 2 aromatic rings. The normalized spacial score (nSPS) is 11.2. The number of benzene rings is 2. The van der Waals surface area contributed by atoms with Gasteiger partial charge in [-0.1, -0.05) is 42.5 Å². The monoisotopic (exact) mass is 339 g/mol. The number of carbonyl (C=O) groups is 1. The largest absolute Gasteiger partial charge is 0.497 e. The number of rotatable bonds is 9. The zero-order valence-corrected chi connectivity index (χ0v) is 14.8. The highest BCUT2D eigenvalue weighted by Crippen LogP contribution is 2.20. The molecule has 132 valence electrons. The molecule has 0 bridgehead atoms. The first-order chi connectivity index (χ1) is 12.2. The second-order valence-corrected chi connectivity index (χ2v) is 5.50. The molecule has 0 saturated heterocycles. The molecule has 0 aliphatic rings. The third-order valence-electron chi connectivity index (χ3n) is 3.71. The lowest BCUT2D eigenvalue weighted by molar-refractivity contribution is -0.115. The highest BCUT2D eigenvalue weighted by Gasteiger charge is 2.11. The Hall–Kier alpha value is -2.59. The molecular formula is C21H25NO3. The number of ether oxygens (including phenoxy) is 2. The Labute approximate surface area is 149 Å². The average molecular weight is 339 g/mol. The minimum atomic E-state index is -0.0847. The number of amides is 1. The molecule has 0 aromatic heterocycles. The van der Waals surface area contributed by atoms with Crippen LogP contribution in [-0.4, -0.2) is 32.8 Å². The van der Waals surface area contributed by atoms with E-state index in [1.54, 1.807) is 7.11 Å². The second-order valence-electron chi connectivity index (χ2n) is 5.50. The van der Waals surface area contributed by atoms with Crippen LogP contribution in [0.4, 0.5) is 0 Å². The summed E-state index contributed by atoms with van der Waals surface area (Å²) in [4.78, 5) is 12.7. The molecule has 0 fully saturated rings. The minimum absolute atomic E-state index is 0.0847. The van der Waals surface area contributed by atoms with Crippen LogP contribution in [0.25, 0.3) is 11.6 Å². The van der Waals surface area contributed by atoms with Crippen molar-refractivity contribution in [1.82, 2.24) is 5.32 Å². The van der Waals surface area contributed by atoms with E-state index in [2.05, 4.69) is 5.32 Å². The fraction of sp³-hybridized carbons (Fsp3) is 0.286. The number of methoxy groups -OCH3 is 1. The molecule has 0 saturated carbocycles. The van der Waals surface area contributed by atoms with Crippen molar-refractivity contribution >= 4 is 17.6 Å². The SMILES string of the molecule is CCOCCCNC(=O)/C(=C/c1ccc(OC)cc1)c1ccccc1. The first-order valence-electron chi connectivity index (χ1n) is 8.51. The highest BCUT2D eigenvalue weighted by molar-refractivity contribution is 6.24. The van der Waals surface area contributed by atoms with Crippen LogP contribution < -0.4 is 10.1 Å². The van der Waals surface area contributed by atoms with Gasteiger partial charge in [0, 0.05) is 25.3 Å². The lowest BCUT2D eigenvalue weighted by Crippen LogP contribution is -2.26. The predicted octanol–water partition coefficient (Wildman–Crippen LogP) is 3.78. The Morgan fingerprint density at radius 3 is 2.44 bits per heavy atom. The third kappa shape index (κ3) is 6.08. The van der Waals surface area contributed by atoms with Gasteiger partial charge in [-0.2, -0.15) is 0 Å². The van der Waals surface area contributed by atoms with Crippen molar-refractivity contribution < 1.29 is 14.3 Å². The molecule has 4 heteroatoms. The molecule has 0 aliphatic heterocycles. The quantitative estimate of drug-likeness (QED) is 0.430. The van der Waals surface area contributed by atoms with E-state index in [4.69, 9.17) is 9.47 Å². The van der Waals surface area contributed by atoms with Crippen LogP contribution >= 0.6 is 0 Å². The van der Waals surface area contributed by atoms with Gasteiger partial charge >= 0.3 is 0 Å². The maximum absolute atomic E-state index is 12.7. The molecule has 0 aliphatic carbocycles. The zero-order chi connectivity index (χ0) is 17.9. The molecule has 2 aromatic carbocycles. The number of hydrogen-bond acceptors (Lipinski definition) is 3. The van der Waals surface area contributed by atoms with Crippen molar-refractivity contribution in [2.75, 3.05) is 26.9 Å². The second kappa shape index (κ2) is 10.3. The Kier molecular flexibility index (Phi) is 7.73. The summed E-state index contributed by atoms with van der Waals surface area (Å²) in [5.74, 6) is 0.706. The standard InChI is InChI=1S/C21H25NO3/c1-3-25-15-7-14-22-21(23)20(18-8-5-4-6-9-18)16-17-10-12-19(24-2)13-11-17/h4-6,8-13,16H,3,7,14-15H2,1-2H3,(H,22,23)/b20-16+. The molecule has 0 radical (unpaired) electrons. The van der Waals surface area contributed by atoms with Crippen LogP contribution in [0.2, 0.25) is 0 Å². The summed E-state index contributed by atoms with van der Waals surface area (Å²) in [6.45, 7) is 3.90. The molecule has 2 rings (SSSR count). The molecular weight excluding hydrogens is 314 g/mol. The summed E-state index contributed by atoms with van der Waals surface area (Å²) in [6, 6.07) is 17.3. The van der Waals surface area contributed by atoms with E-state index >= 15 is 0 Å². The zero-order valence-electron chi connectivity index (χ0n) is 14.8. The van der Waals surface area contributed by atoms with Gasteiger partial charge in [-0.3, -0.25) is 4.79 Å². The van der Waals surface area contributed by atoms with Crippen LogP contribution in [-0.2, 0) is 9.53 Å². The van der Waals surface area contributed by atoms with E-state index in [0.717, 1.165) is 23.3 Å². The summed E-state index contributed by atoms with van der Waals surface area (Å²) in [5.41, 5.74) is 2.48. The molecule has 4 nitrogen and oxygen atoms in total. The fourth-order valence-electron chi connectivity index (χ4n) is 2.38. The van der Waals surface area contributed by atoms with E-state index < -0.39 is 0 Å². The maximum Gasteiger partial charge on any atom is 0.251 e. The maximum atomic E-state index is 12.7. The Bertz CT molecular complexity index is 678. The van der Waals surface area contributed by atoms with Crippen molar-refractivity contribution in [2.24, 2.45) is 0 Å². The molecule has 25 heavy (non-hydrogen) atoms. The summed E-state index contributed by atoms with van der Waals surface area (Å²) in [7, 11) is 1.63. The lowest BCUT2D eigenvalue weighted by atomic mass is 10.0. The van der Waals surface area contributed by atoms with Gasteiger partial charge < -0.3 is 14.8 Å². The smallest absolute Gasteiger partial charge is 0.251 e. The van der Waals surface area contributed by atoms with E-state index in [1.165, 1.54) is 0 Å². The summed E-state index contributed by atoms with van der Waals surface area (Å²) in [5, 5.41) is 2.97. The Morgan fingerprint density at radius 1 is 1.08 bits per heavy atom. The fourth-order valence-corrected chi connectivity index (χ4v) is 2.38. The topological polar surface area (TPSA) is 47.6 Å². The van der Waals surface area contributed by atoms with Gasteiger partial charge in [-0.05, 0) is 42.7 Å². The van der Waals surface area contributed by atoms with E-state index in [9.17, 15) is 4.79 Å². The van der Waals surface area contributed by atoms with Gasteiger partial charge in [0.1, 0.15) is 5.75 Å². The summed E-state index contributed by atoms with van der Waals surface area (Å²) < 4.78 is 10.5. The average Bonchev–Trinajstić information content (AvgIpc) is 2.67. The van der Waals surface area contributed by atoms with Crippen molar-refractivity contribution in [1.29, 1.82) is 0 Å². The van der Waals surface area contributed by atoms with Gasteiger partial charge in [0.25, 0.3) is 5.91 Å². The first-order valence-corrected chi connectivity index (χ1v) is 8.51. The highest BCUT2D eigenvalue weighted by atomic mass is 16.5. The van der Waals surface area contributed by atoms with Crippen molar-refractivity contribution in [2.45, 2.75) is 13.3 Å². The molecule has 0 spiro atoms. The Balaban J connectivity index is 2.15. The number of nitrogens with one attached hydrogen (secondary N) is 1. The molecule has 1 N–H and O–H groups in total. The van der Waals surface area contributed by atoms with Crippen LogP contribution in [0.15, 0.2) is 54.6 Å². The van der Waals surface area contributed by atoms with Crippen LogP contribution in [0.1, 0.15) is 24.5 Å². The van der Waals surface area contributed by atoms with Crippen LogP contribution in [0.5, 0.6) is 5.75 Å². The summed E-state index contributed by atoms with van der Waals surface area (Å²) in [6.07, 6.45) is 2.69. The van der Waals surface area contributed by atoms with Gasteiger partial charge in [0.15, 0.2) is 0 Å². The van der Waals surface area contributed by atoms with Crippen LogP contribution in [0, 0.1) is 0 Å². The van der Waals surface area contributed by atoms with Gasteiger partial charge in [-0.15, -0.1) is 0 Å². The minimum Gasteiger partial charge on any atom is -0.497 e. The van der Waals surface area contributed by atoms with Gasteiger partial charge in [0.2, 0.25) is 0 Å². The predicted molar refractivity (Wildman–Crippen MR) is 101 cm³/mol. The Morgan fingerprint density at radius 2 is 1.80 bits per heavy atom.